The lowest BCUT2D eigenvalue weighted by molar-refractivity contribution is -0.903. The monoisotopic (exact) mass is 463 g/mol. The van der Waals surface area contributed by atoms with Crippen LogP contribution in [0.5, 0.6) is 0 Å². The highest BCUT2D eigenvalue weighted by molar-refractivity contribution is 5.75. The summed E-state index contributed by atoms with van der Waals surface area (Å²) in [5.41, 5.74) is 1.56. The number of piperazine rings is 1. The third-order valence-corrected chi connectivity index (χ3v) is 8.84. The maximum atomic E-state index is 13.1. The van der Waals surface area contributed by atoms with Gasteiger partial charge in [-0.3, -0.25) is 4.79 Å². The average Bonchev–Trinajstić information content (AvgIpc) is 3.06. The number of halogens is 3. The highest BCUT2D eigenvalue weighted by Gasteiger charge is 2.56. The Kier molecular flexibility index (Phi) is 5.74. The van der Waals surface area contributed by atoms with Gasteiger partial charge < -0.3 is 14.5 Å². The van der Waals surface area contributed by atoms with E-state index in [1.54, 1.807) is 6.07 Å². The van der Waals surface area contributed by atoms with E-state index in [-0.39, 0.29) is 29.3 Å². The van der Waals surface area contributed by atoms with E-state index in [2.05, 4.69) is 13.5 Å². The summed E-state index contributed by atoms with van der Waals surface area (Å²) in [5, 5.41) is 0. The lowest BCUT2D eigenvalue weighted by Crippen LogP contribution is -3.15. The Balaban J connectivity index is 1.21. The number of nitrogens with zero attached hydrogens (tertiary/aromatic N) is 1. The van der Waals surface area contributed by atoms with Gasteiger partial charge in [0.15, 0.2) is 0 Å². The zero-order chi connectivity index (χ0) is 23.4. The molecule has 0 aromatic heterocycles. The normalized spacial score (nSPS) is 35.2. The van der Waals surface area contributed by atoms with Gasteiger partial charge in [-0.1, -0.05) is 25.1 Å². The number of allylic oxidation sites excluding steroid dienone is 1. The highest BCUT2D eigenvalue weighted by Crippen LogP contribution is 2.56. The van der Waals surface area contributed by atoms with Crippen molar-refractivity contribution >= 4 is 11.7 Å². The minimum atomic E-state index is -4.33. The number of hydrogen-bond donors (Lipinski definition) is 1. The summed E-state index contributed by atoms with van der Waals surface area (Å²) < 4.78 is 45.1. The number of hydrogen-bond acceptors (Lipinski definition) is 3. The standard InChI is InChI=1S/C26H33F3N2O2/c1-17-5-4-8-25(2)15-23-20(14-22(17)25)21(24(32)33-23)16-30-9-11-31(12-10-30)19-7-3-6-18(13-19)26(27,28)29/h3,6-7,13,20-23H,1,4-5,8-12,14-16H2,2H3/p+1. The number of anilines is 1. The van der Waals surface area contributed by atoms with E-state index < -0.39 is 11.7 Å². The topological polar surface area (TPSA) is 34.0 Å². The molecule has 4 fully saturated rings. The summed E-state index contributed by atoms with van der Waals surface area (Å²) in [6.45, 7) is 10.5. The molecule has 5 rings (SSSR count). The maximum Gasteiger partial charge on any atom is 0.416 e. The van der Waals surface area contributed by atoms with E-state index in [9.17, 15) is 18.0 Å². The van der Waals surface area contributed by atoms with Crippen molar-refractivity contribution in [2.24, 2.45) is 23.2 Å². The predicted molar refractivity (Wildman–Crippen MR) is 120 cm³/mol. The van der Waals surface area contributed by atoms with Gasteiger partial charge in [0.2, 0.25) is 0 Å². The largest absolute Gasteiger partial charge is 0.462 e. The molecular formula is C26H34F3N2O2+. The van der Waals surface area contributed by atoms with Gasteiger partial charge in [-0.15, -0.1) is 0 Å². The number of fused-ring (bicyclic) bond motifs is 2. The number of carbonyl (C=O) groups excluding carboxylic acids is 1. The first-order valence-electron chi connectivity index (χ1n) is 12.3. The number of nitrogens with one attached hydrogen (secondary N) is 1. The summed E-state index contributed by atoms with van der Waals surface area (Å²) in [7, 11) is 0. The zero-order valence-electron chi connectivity index (χ0n) is 19.3. The van der Waals surface area contributed by atoms with Gasteiger partial charge in [0.05, 0.1) is 38.3 Å². The van der Waals surface area contributed by atoms with Crippen molar-refractivity contribution in [3.63, 3.8) is 0 Å². The molecule has 4 aliphatic rings. The van der Waals surface area contributed by atoms with E-state index >= 15 is 0 Å². The van der Waals surface area contributed by atoms with E-state index in [1.807, 2.05) is 4.90 Å². The molecule has 1 N–H and O–H groups in total. The number of esters is 1. The van der Waals surface area contributed by atoms with Crippen molar-refractivity contribution in [1.82, 2.24) is 0 Å². The van der Waals surface area contributed by atoms with Gasteiger partial charge in [0.25, 0.3) is 0 Å². The lowest BCUT2D eigenvalue weighted by atomic mass is 9.55. The Labute approximate surface area is 193 Å². The smallest absolute Gasteiger partial charge is 0.416 e. The van der Waals surface area contributed by atoms with E-state index in [1.165, 1.54) is 35.4 Å². The molecule has 5 unspecified atom stereocenters. The fourth-order valence-electron chi connectivity index (χ4n) is 6.96. The molecule has 0 bridgehead atoms. The minimum absolute atomic E-state index is 0.0282. The van der Waals surface area contributed by atoms with Crippen LogP contribution in [0, 0.1) is 23.2 Å². The molecule has 1 aromatic rings. The lowest BCUT2D eigenvalue weighted by Gasteiger charge is -2.50. The van der Waals surface area contributed by atoms with Gasteiger partial charge in [-0.2, -0.15) is 13.2 Å². The van der Waals surface area contributed by atoms with Crippen LogP contribution < -0.4 is 9.80 Å². The van der Waals surface area contributed by atoms with Crippen LogP contribution in [0.3, 0.4) is 0 Å². The zero-order valence-corrected chi connectivity index (χ0v) is 19.3. The first-order chi connectivity index (χ1) is 15.6. The summed E-state index contributed by atoms with van der Waals surface area (Å²) in [4.78, 5) is 16.2. The van der Waals surface area contributed by atoms with Gasteiger partial charge in [-0.25, -0.2) is 0 Å². The highest BCUT2D eigenvalue weighted by atomic mass is 19.4. The summed E-state index contributed by atoms with van der Waals surface area (Å²) >= 11 is 0. The average molecular weight is 464 g/mol. The van der Waals surface area contributed by atoms with Crippen LogP contribution in [-0.4, -0.2) is 44.8 Å². The Bertz CT molecular complexity index is 924. The minimum Gasteiger partial charge on any atom is -0.462 e. The molecule has 2 heterocycles. The molecule has 180 valence electrons. The first-order valence-corrected chi connectivity index (χ1v) is 12.3. The second kappa shape index (κ2) is 8.33. The Morgan fingerprint density at radius 1 is 1.27 bits per heavy atom. The number of carbonyl (C=O) groups is 1. The summed E-state index contributed by atoms with van der Waals surface area (Å²) in [5.74, 6) is 0.617. The van der Waals surface area contributed by atoms with E-state index in [4.69, 9.17) is 4.74 Å². The third kappa shape index (κ3) is 4.29. The Morgan fingerprint density at radius 3 is 2.76 bits per heavy atom. The number of quaternary nitrogens is 1. The van der Waals surface area contributed by atoms with E-state index in [0.29, 0.717) is 24.7 Å². The van der Waals surface area contributed by atoms with Crippen LogP contribution in [0.2, 0.25) is 0 Å². The molecule has 2 aliphatic carbocycles. The van der Waals surface area contributed by atoms with Crippen molar-refractivity contribution < 1.29 is 27.6 Å². The Hall–Kier alpha value is -2.02. The Morgan fingerprint density at radius 2 is 2.03 bits per heavy atom. The van der Waals surface area contributed by atoms with Crippen molar-refractivity contribution in [1.29, 1.82) is 0 Å². The molecule has 0 spiro atoms. The maximum absolute atomic E-state index is 13.1. The van der Waals surface area contributed by atoms with E-state index in [0.717, 1.165) is 45.0 Å². The first kappa shape index (κ1) is 22.8. The van der Waals surface area contributed by atoms with Crippen LogP contribution in [0.15, 0.2) is 36.4 Å². The van der Waals surface area contributed by atoms with Crippen molar-refractivity contribution in [3.8, 4) is 0 Å². The fourth-order valence-corrected chi connectivity index (χ4v) is 6.96. The van der Waals surface area contributed by atoms with Gasteiger partial charge >= 0.3 is 12.1 Å². The molecule has 0 radical (unpaired) electrons. The molecule has 5 atom stereocenters. The van der Waals surface area contributed by atoms with Crippen LogP contribution in [0.4, 0.5) is 18.9 Å². The molecule has 2 saturated heterocycles. The molecule has 0 amide bonds. The van der Waals surface area contributed by atoms with Gasteiger partial charge in [0, 0.05) is 11.6 Å². The second-order valence-electron chi connectivity index (χ2n) is 10.9. The van der Waals surface area contributed by atoms with Crippen LogP contribution in [-0.2, 0) is 15.7 Å². The molecule has 4 nitrogen and oxygen atoms in total. The van der Waals surface area contributed by atoms with Gasteiger partial charge in [-0.05, 0) is 61.6 Å². The molecule has 33 heavy (non-hydrogen) atoms. The van der Waals surface area contributed by atoms with Crippen molar-refractivity contribution in [2.75, 3.05) is 37.6 Å². The second-order valence-corrected chi connectivity index (χ2v) is 10.9. The van der Waals surface area contributed by atoms with Gasteiger partial charge in [0.1, 0.15) is 12.0 Å². The van der Waals surface area contributed by atoms with Crippen LogP contribution >= 0.6 is 0 Å². The molecule has 7 heteroatoms. The SMILES string of the molecule is C=C1CCCC2(C)CC3OC(=O)C(C[NH+]4CCN(c5cccc(C(F)(F)F)c5)CC4)C3CC12. The molecule has 1 aromatic carbocycles. The molecular weight excluding hydrogens is 429 g/mol. The summed E-state index contributed by atoms with van der Waals surface area (Å²) in [6.07, 6.45) is 1.11. The molecule has 2 aliphatic heterocycles. The van der Waals surface area contributed by atoms with Crippen molar-refractivity contribution in [3.05, 3.63) is 42.0 Å². The van der Waals surface area contributed by atoms with Crippen LogP contribution in [0.1, 0.15) is 44.6 Å². The predicted octanol–water partition coefficient (Wildman–Crippen LogP) is 3.72. The summed E-state index contributed by atoms with van der Waals surface area (Å²) in [6, 6.07) is 5.57. The number of alkyl halides is 3. The quantitative estimate of drug-likeness (QED) is 0.548. The number of ether oxygens (including phenoxy) is 1. The number of rotatable bonds is 3. The third-order valence-electron chi connectivity index (χ3n) is 8.84. The molecule has 2 saturated carbocycles. The van der Waals surface area contributed by atoms with Crippen LogP contribution in [0.25, 0.3) is 0 Å². The fraction of sp³-hybridized carbons (Fsp3) is 0.654. The number of benzene rings is 1. The van der Waals surface area contributed by atoms with Crippen molar-refractivity contribution in [2.45, 2.75) is 51.3 Å².